The molecule has 0 radical (unpaired) electrons. The second-order valence-electron chi connectivity index (χ2n) is 3.69. The van der Waals surface area contributed by atoms with Gasteiger partial charge >= 0.3 is 0 Å². The van der Waals surface area contributed by atoms with Crippen LogP contribution in [-0.2, 0) is 14.8 Å². The van der Waals surface area contributed by atoms with E-state index >= 15 is 0 Å². The summed E-state index contributed by atoms with van der Waals surface area (Å²) in [5.41, 5.74) is 0. The van der Waals surface area contributed by atoms with E-state index in [1.165, 1.54) is 18.2 Å². The minimum atomic E-state index is -3.83. The molecule has 0 aliphatic rings. The first kappa shape index (κ1) is 16.5. The van der Waals surface area contributed by atoms with Gasteiger partial charge < -0.3 is 10.1 Å². The summed E-state index contributed by atoms with van der Waals surface area (Å²) >= 11 is 2.96. The molecule has 5 nitrogen and oxygen atoms in total. The number of hydrogen-bond acceptors (Lipinski definition) is 4. The molecule has 0 atom stereocenters. The molecule has 0 amide bonds. The Balaban J connectivity index is 2.54. The number of rotatable bonds is 8. The van der Waals surface area contributed by atoms with E-state index in [9.17, 15) is 12.8 Å². The van der Waals surface area contributed by atoms with Crippen LogP contribution in [0.15, 0.2) is 27.6 Å². The monoisotopic (exact) mass is 354 g/mol. The first-order valence-electron chi connectivity index (χ1n) is 5.62. The Labute approximate surface area is 120 Å². The number of sulfonamides is 1. The molecule has 0 bridgehead atoms. The van der Waals surface area contributed by atoms with E-state index in [-0.39, 0.29) is 15.9 Å². The average Bonchev–Trinajstić information content (AvgIpc) is 2.36. The number of hydrogen-bond donors (Lipinski definition) is 2. The molecule has 1 aromatic carbocycles. The van der Waals surface area contributed by atoms with Crippen molar-refractivity contribution < 1.29 is 17.5 Å². The van der Waals surface area contributed by atoms with Crippen molar-refractivity contribution in [1.82, 2.24) is 10.0 Å². The van der Waals surface area contributed by atoms with Crippen LogP contribution in [0.5, 0.6) is 0 Å². The lowest BCUT2D eigenvalue weighted by atomic mass is 10.3. The van der Waals surface area contributed by atoms with Gasteiger partial charge in [-0.2, -0.15) is 0 Å². The summed E-state index contributed by atoms with van der Waals surface area (Å²) in [6.07, 6.45) is 0. The fraction of sp³-hybridized carbons (Fsp3) is 0.455. The van der Waals surface area contributed by atoms with Crippen molar-refractivity contribution in [2.75, 3.05) is 33.4 Å². The van der Waals surface area contributed by atoms with E-state index in [1.54, 1.807) is 7.11 Å². The van der Waals surface area contributed by atoms with Crippen LogP contribution in [-0.4, -0.2) is 41.8 Å². The van der Waals surface area contributed by atoms with Gasteiger partial charge in [0.2, 0.25) is 10.0 Å². The molecule has 1 rings (SSSR count). The quantitative estimate of drug-likeness (QED) is 0.686. The summed E-state index contributed by atoms with van der Waals surface area (Å²) in [6.45, 7) is 1.80. The van der Waals surface area contributed by atoms with Crippen molar-refractivity contribution in [1.29, 1.82) is 0 Å². The maximum absolute atomic E-state index is 13.7. The minimum Gasteiger partial charge on any atom is -0.383 e. The predicted molar refractivity (Wildman–Crippen MR) is 74.0 cm³/mol. The summed E-state index contributed by atoms with van der Waals surface area (Å²) in [5.74, 6) is -0.789. The van der Waals surface area contributed by atoms with Crippen LogP contribution in [0.3, 0.4) is 0 Å². The third-order valence-corrected chi connectivity index (χ3v) is 4.37. The number of halogens is 2. The summed E-state index contributed by atoms with van der Waals surface area (Å²) in [6, 6.07) is 4.14. The summed E-state index contributed by atoms with van der Waals surface area (Å²) < 4.78 is 44.7. The van der Waals surface area contributed by atoms with Gasteiger partial charge in [0, 0.05) is 26.7 Å². The standard InChI is InChI=1S/C11H16BrFN2O3S/c1-18-8-7-14-5-6-15-19(16,17)10-4-2-3-9(12)11(10)13/h2-4,14-15H,5-8H2,1H3. The molecule has 2 N–H and O–H groups in total. The molecule has 0 saturated carbocycles. The van der Waals surface area contributed by atoms with Gasteiger partial charge in [-0.05, 0) is 28.1 Å². The SMILES string of the molecule is COCCNCCNS(=O)(=O)c1cccc(Br)c1F. The van der Waals surface area contributed by atoms with E-state index in [0.717, 1.165) is 0 Å². The second kappa shape index (κ2) is 7.91. The Morgan fingerprint density at radius 2 is 2.05 bits per heavy atom. The topological polar surface area (TPSA) is 67.4 Å². The highest BCUT2D eigenvalue weighted by atomic mass is 79.9. The lowest BCUT2D eigenvalue weighted by Gasteiger charge is -2.09. The molecular weight excluding hydrogens is 339 g/mol. The predicted octanol–water partition coefficient (Wildman–Crippen LogP) is 1.10. The number of methoxy groups -OCH3 is 1. The molecule has 0 heterocycles. The van der Waals surface area contributed by atoms with E-state index in [4.69, 9.17) is 4.74 Å². The van der Waals surface area contributed by atoms with Gasteiger partial charge in [0.25, 0.3) is 0 Å². The Bertz CT molecular complexity index is 511. The molecule has 19 heavy (non-hydrogen) atoms. The van der Waals surface area contributed by atoms with Gasteiger partial charge in [0.1, 0.15) is 4.90 Å². The van der Waals surface area contributed by atoms with Crippen molar-refractivity contribution in [3.05, 3.63) is 28.5 Å². The Kier molecular flexibility index (Phi) is 6.87. The van der Waals surface area contributed by atoms with Crippen molar-refractivity contribution in [3.63, 3.8) is 0 Å². The lowest BCUT2D eigenvalue weighted by molar-refractivity contribution is 0.199. The van der Waals surface area contributed by atoms with Gasteiger partial charge in [-0.25, -0.2) is 17.5 Å². The Morgan fingerprint density at radius 3 is 2.74 bits per heavy atom. The molecule has 0 fully saturated rings. The maximum atomic E-state index is 13.7. The van der Waals surface area contributed by atoms with E-state index in [0.29, 0.717) is 19.7 Å². The molecule has 108 valence electrons. The minimum absolute atomic E-state index is 0.119. The fourth-order valence-corrected chi connectivity index (χ4v) is 2.97. The fourth-order valence-electron chi connectivity index (χ4n) is 1.34. The summed E-state index contributed by atoms with van der Waals surface area (Å²) in [7, 11) is -2.25. The van der Waals surface area contributed by atoms with Crippen LogP contribution in [0, 0.1) is 5.82 Å². The zero-order chi connectivity index (χ0) is 14.3. The molecule has 0 aliphatic heterocycles. The largest absolute Gasteiger partial charge is 0.383 e. The molecule has 0 spiro atoms. The summed E-state index contributed by atoms with van der Waals surface area (Å²) in [5, 5.41) is 2.98. The van der Waals surface area contributed by atoms with Crippen molar-refractivity contribution in [2.24, 2.45) is 0 Å². The van der Waals surface area contributed by atoms with Crippen molar-refractivity contribution in [2.45, 2.75) is 4.90 Å². The van der Waals surface area contributed by atoms with Gasteiger partial charge in [-0.15, -0.1) is 0 Å². The van der Waals surface area contributed by atoms with Crippen LogP contribution in [0.1, 0.15) is 0 Å². The first-order chi connectivity index (χ1) is 8.99. The molecule has 0 saturated heterocycles. The highest BCUT2D eigenvalue weighted by Crippen LogP contribution is 2.21. The van der Waals surface area contributed by atoms with Gasteiger partial charge in [0.15, 0.2) is 5.82 Å². The van der Waals surface area contributed by atoms with Gasteiger partial charge in [-0.3, -0.25) is 0 Å². The van der Waals surface area contributed by atoms with Crippen molar-refractivity contribution in [3.8, 4) is 0 Å². The van der Waals surface area contributed by atoms with E-state index in [2.05, 4.69) is 26.0 Å². The van der Waals surface area contributed by atoms with Gasteiger partial charge in [-0.1, -0.05) is 6.07 Å². The molecule has 1 aromatic rings. The molecule has 0 aromatic heterocycles. The van der Waals surface area contributed by atoms with Crippen LogP contribution < -0.4 is 10.0 Å². The van der Waals surface area contributed by atoms with E-state index in [1.807, 2.05) is 0 Å². The van der Waals surface area contributed by atoms with Crippen LogP contribution in [0.25, 0.3) is 0 Å². The third-order valence-electron chi connectivity index (χ3n) is 2.28. The van der Waals surface area contributed by atoms with Gasteiger partial charge in [0.05, 0.1) is 11.1 Å². The summed E-state index contributed by atoms with van der Waals surface area (Å²) in [4.78, 5) is -0.362. The van der Waals surface area contributed by atoms with Crippen LogP contribution in [0.2, 0.25) is 0 Å². The number of nitrogens with one attached hydrogen (secondary N) is 2. The highest BCUT2D eigenvalue weighted by molar-refractivity contribution is 9.10. The van der Waals surface area contributed by atoms with E-state index < -0.39 is 15.8 Å². The lowest BCUT2D eigenvalue weighted by Crippen LogP contribution is -2.33. The third kappa shape index (κ3) is 5.15. The van der Waals surface area contributed by atoms with Crippen LogP contribution >= 0.6 is 15.9 Å². The Hall–Kier alpha value is -0.540. The smallest absolute Gasteiger partial charge is 0.243 e. The maximum Gasteiger partial charge on any atom is 0.243 e. The zero-order valence-corrected chi connectivity index (χ0v) is 12.9. The second-order valence-corrected chi connectivity index (χ2v) is 6.28. The number of benzene rings is 1. The normalized spacial score (nSPS) is 11.7. The number of ether oxygens (including phenoxy) is 1. The van der Waals surface area contributed by atoms with Crippen molar-refractivity contribution >= 4 is 26.0 Å². The average molecular weight is 355 g/mol. The zero-order valence-electron chi connectivity index (χ0n) is 10.4. The molecule has 0 aliphatic carbocycles. The first-order valence-corrected chi connectivity index (χ1v) is 7.90. The Morgan fingerprint density at radius 1 is 1.32 bits per heavy atom. The highest BCUT2D eigenvalue weighted by Gasteiger charge is 2.19. The molecule has 8 heteroatoms. The molecule has 0 unspecified atom stereocenters. The van der Waals surface area contributed by atoms with Crippen LogP contribution in [0.4, 0.5) is 4.39 Å². The molecular formula is C11H16BrFN2O3S.